The molecule has 66 valence electrons. The van der Waals surface area contributed by atoms with Gasteiger partial charge in [-0.05, 0) is 25.0 Å². The molecule has 2 aromatic heterocycles. The van der Waals surface area contributed by atoms with Crippen molar-refractivity contribution >= 4 is 11.2 Å². The Morgan fingerprint density at radius 2 is 1.46 bits per heavy atom. The molecule has 0 spiro atoms. The van der Waals surface area contributed by atoms with Gasteiger partial charge in [0.25, 0.3) is 0 Å². The van der Waals surface area contributed by atoms with Crippen molar-refractivity contribution in [2.45, 2.75) is 12.8 Å². The van der Waals surface area contributed by atoms with Gasteiger partial charge in [-0.2, -0.15) is 0 Å². The van der Waals surface area contributed by atoms with Gasteiger partial charge in [-0.1, -0.05) is 12.2 Å². The summed E-state index contributed by atoms with van der Waals surface area (Å²) in [6.07, 6.45) is 5.56. The van der Waals surface area contributed by atoms with Crippen LogP contribution in [-0.2, 0) is 12.8 Å². The van der Waals surface area contributed by atoms with E-state index in [0.717, 1.165) is 24.0 Å². The molecule has 0 aliphatic carbocycles. The minimum atomic E-state index is 0.886. The van der Waals surface area contributed by atoms with Gasteiger partial charge in [0.1, 0.15) is 11.2 Å². The van der Waals surface area contributed by atoms with Gasteiger partial charge in [0.15, 0.2) is 0 Å². The summed E-state index contributed by atoms with van der Waals surface area (Å²) in [6, 6.07) is 4.19. The number of allylic oxidation sites excluding steroid dienone is 2. The van der Waals surface area contributed by atoms with E-state index in [9.17, 15) is 0 Å². The van der Waals surface area contributed by atoms with Crippen LogP contribution in [0, 0.1) is 0 Å². The molecule has 0 unspecified atom stereocenters. The molecule has 0 fully saturated rings. The van der Waals surface area contributed by atoms with Crippen LogP contribution in [0.1, 0.15) is 11.1 Å². The van der Waals surface area contributed by atoms with Crippen LogP contribution in [0.3, 0.4) is 0 Å². The molecule has 0 amide bonds. The maximum Gasteiger partial charge on any atom is 0.131 e. The van der Waals surface area contributed by atoms with Crippen LogP contribution in [-0.4, -0.2) is 0 Å². The van der Waals surface area contributed by atoms with Crippen LogP contribution >= 0.6 is 0 Å². The molecule has 0 aromatic carbocycles. The number of benzene rings is 1. The summed E-state index contributed by atoms with van der Waals surface area (Å²) in [5, 5.41) is 0. The van der Waals surface area contributed by atoms with Crippen molar-refractivity contribution < 1.29 is 4.42 Å². The second-order valence-electron chi connectivity index (χ2n) is 3.16. The molecule has 0 atom stereocenters. The summed E-state index contributed by atoms with van der Waals surface area (Å²) in [6.45, 7) is 7.41. The molecule has 0 saturated heterocycles. The number of hydrogen-bond donors (Lipinski definition) is 0. The smallest absolute Gasteiger partial charge is 0.131 e. The Bertz CT molecular complexity index is 383. The van der Waals surface area contributed by atoms with Crippen molar-refractivity contribution in [1.82, 2.24) is 0 Å². The third-order valence-electron chi connectivity index (χ3n) is 2.19. The van der Waals surface area contributed by atoms with E-state index in [2.05, 4.69) is 25.3 Å². The van der Waals surface area contributed by atoms with E-state index in [1.165, 1.54) is 11.1 Å². The first kappa shape index (κ1) is 8.11. The third-order valence-corrected chi connectivity index (χ3v) is 2.19. The van der Waals surface area contributed by atoms with E-state index in [1.54, 1.807) is 0 Å². The first-order chi connectivity index (χ1) is 6.35. The zero-order valence-corrected chi connectivity index (χ0v) is 7.55. The summed E-state index contributed by atoms with van der Waals surface area (Å²) in [5.41, 5.74) is 4.45. The molecule has 0 radical (unpaired) electrons. The standard InChI is InChI=1S/C12H12O/c1-3-5-9-7-12-10(6-4-2)8-11(9)13-12/h3-4,7-8H,1-2,5-6H2. The average molecular weight is 172 g/mol. The topological polar surface area (TPSA) is 13.1 Å². The number of rotatable bonds is 4. The molecule has 0 aliphatic rings. The molecule has 0 N–H and O–H groups in total. The Morgan fingerprint density at radius 1 is 1.00 bits per heavy atom. The Morgan fingerprint density at radius 3 is 1.77 bits per heavy atom. The summed E-state index contributed by atoms with van der Waals surface area (Å²) < 4.78 is 5.56. The van der Waals surface area contributed by atoms with E-state index in [-0.39, 0.29) is 0 Å². The fraction of sp³-hybridized carbons (Fsp3) is 0.167. The maximum absolute atomic E-state index is 5.56. The highest BCUT2D eigenvalue weighted by Gasteiger charge is 2.10. The SMILES string of the molecule is C=CCc1cc2oc1cc2CC=C. The molecule has 0 aliphatic heterocycles. The van der Waals surface area contributed by atoms with Gasteiger partial charge in [-0.15, -0.1) is 13.2 Å². The van der Waals surface area contributed by atoms with Gasteiger partial charge >= 0.3 is 0 Å². The van der Waals surface area contributed by atoms with Gasteiger partial charge in [0.05, 0.1) is 0 Å². The number of hydrogen-bond acceptors (Lipinski definition) is 1. The third kappa shape index (κ3) is 1.26. The average Bonchev–Trinajstić information content (AvgIpc) is 2.65. The summed E-state index contributed by atoms with van der Waals surface area (Å²) in [7, 11) is 0. The second-order valence-corrected chi connectivity index (χ2v) is 3.16. The maximum atomic E-state index is 5.56. The van der Waals surface area contributed by atoms with Crippen LogP contribution in [0.2, 0.25) is 0 Å². The van der Waals surface area contributed by atoms with Crippen LogP contribution in [0.4, 0.5) is 0 Å². The summed E-state index contributed by atoms with van der Waals surface area (Å²) in [4.78, 5) is 0. The molecule has 1 heteroatoms. The monoisotopic (exact) mass is 172 g/mol. The predicted molar refractivity (Wildman–Crippen MR) is 55.2 cm³/mol. The lowest BCUT2D eigenvalue weighted by Crippen LogP contribution is -1.81. The summed E-state index contributed by atoms with van der Waals surface area (Å²) >= 11 is 0. The minimum Gasteiger partial charge on any atom is -0.457 e. The Kier molecular flexibility index (Phi) is 1.93. The van der Waals surface area contributed by atoms with Gasteiger partial charge in [0.2, 0.25) is 0 Å². The van der Waals surface area contributed by atoms with Crippen LogP contribution in [0.5, 0.6) is 0 Å². The lowest BCUT2D eigenvalue weighted by molar-refractivity contribution is 0.671. The first-order valence-electron chi connectivity index (χ1n) is 4.40. The highest BCUT2D eigenvalue weighted by molar-refractivity contribution is 5.71. The van der Waals surface area contributed by atoms with Gasteiger partial charge < -0.3 is 4.42 Å². The second kappa shape index (κ2) is 3.09. The van der Waals surface area contributed by atoms with Crippen LogP contribution in [0.25, 0.3) is 11.2 Å². The number of fused-ring (bicyclic) bond motifs is 2. The zero-order valence-electron chi connectivity index (χ0n) is 7.55. The zero-order chi connectivity index (χ0) is 9.26. The van der Waals surface area contributed by atoms with E-state index >= 15 is 0 Å². The van der Waals surface area contributed by atoms with Crippen molar-refractivity contribution in [3.63, 3.8) is 0 Å². The fourth-order valence-electron chi connectivity index (χ4n) is 1.58. The van der Waals surface area contributed by atoms with Crippen LogP contribution < -0.4 is 0 Å². The Hall–Kier alpha value is -1.50. The molecule has 1 nitrogen and oxygen atoms in total. The molecule has 13 heavy (non-hydrogen) atoms. The molecule has 2 heterocycles. The van der Waals surface area contributed by atoms with E-state index in [0.29, 0.717) is 0 Å². The van der Waals surface area contributed by atoms with Crippen molar-refractivity contribution in [3.05, 3.63) is 48.6 Å². The Labute approximate surface area is 77.7 Å². The molecule has 2 aromatic rings. The first-order valence-corrected chi connectivity index (χ1v) is 4.40. The molecular formula is C12H12O. The lowest BCUT2D eigenvalue weighted by Gasteiger charge is -1.92. The Balaban J connectivity index is 2.37. The fourth-order valence-corrected chi connectivity index (χ4v) is 1.58. The predicted octanol–water partition coefficient (Wildman–Crippen LogP) is 3.33. The van der Waals surface area contributed by atoms with E-state index in [1.807, 2.05) is 12.2 Å². The summed E-state index contributed by atoms with van der Waals surface area (Å²) in [5.74, 6) is 0. The molecule has 2 bridgehead atoms. The quantitative estimate of drug-likeness (QED) is 0.645. The highest BCUT2D eigenvalue weighted by Crippen LogP contribution is 2.27. The van der Waals surface area contributed by atoms with Crippen molar-refractivity contribution in [2.24, 2.45) is 0 Å². The largest absolute Gasteiger partial charge is 0.457 e. The molecule has 2 rings (SSSR count). The normalized spacial score (nSPS) is 10.8. The van der Waals surface area contributed by atoms with Crippen molar-refractivity contribution in [3.8, 4) is 0 Å². The van der Waals surface area contributed by atoms with Gasteiger partial charge in [-0.25, -0.2) is 0 Å². The van der Waals surface area contributed by atoms with Crippen molar-refractivity contribution in [1.29, 1.82) is 0 Å². The molecule has 0 saturated carbocycles. The van der Waals surface area contributed by atoms with Gasteiger partial charge in [-0.3, -0.25) is 0 Å². The van der Waals surface area contributed by atoms with E-state index in [4.69, 9.17) is 4.42 Å². The minimum absolute atomic E-state index is 0.886. The highest BCUT2D eigenvalue weighted by atomic mass is 16.3. The number of furan rings is 2. The van der Waals surface area contributed by atoms with Crippen molar-refractivity contribution in [2.75, 3.05) is 0 Å². The van der Waals surface area contributed by atoms with E-state index < -0.39 is 0 Å². The lowest BCUT2D eigenvalue weighted by atomic mass is 10.1. The van der Waals surface area contributed by atoms with Gasteiger partial charge in [0, 0.05) is 11.1 Å². The van der Waals surface area contributed by atoms with Crippen LogP contribution in [0.15, 0.2) is 41.9 Å². The molecular weight excluding hydrogens is 160 g/mol.